The third kappa shape index (κ3) is 5.18. The molecule has 0 fully saturated rings. The van der Waals surface area contributed by atoms with Crippen LogP contribution in [0.5, 0.6) is 0 Å². The lowest BCUT2D eigenvalue weighted by molar-refractivity contribution is -0.122. The minimum atomic E-state index is -3.41. The van der Waals surface area contributed by atoms with Crippen molar-refractivity contribution < 1.29 is 13.2 Å². The van der Waals surface area contributed by atoms with Gasteiger partial charge in [-0.05, 0) is 12.1 Å². The van der Waals surface area contributed by atoms with Gasteiger partial charge in [0.1, 0.15) is 6.54 Å². The van der Waals surface area contributed by atoms with Crippen LogP contribution in [0.25, 0.3) is 0 Å². The number of rotatable bonds is 6. The average molecular weight is 310 g/mol. The summed E-state index contributed by atoms with van der Waals surface area (Å²) in [6.07, 6.45) is 3.98. The molecule has 0 aliphatic heterocycles. The Kier molecular flexibility index (Phi) is 4.48. The molecule has 1 amide bonds. The molecule has 0 unspecified atom stereocenters. The lowest BCUT2D eigenvalue weighted by atomic mass is 10.3. The van der Waals surface area contributed by atoms with Crippen LogP contribution in [-0.4, -0.2) is 40.6 Å². The number of aromatic nitrogens is 4. The zero-order valence-electron chi connectivity index (χ0n) is 11.2. The molecule has 2 heterocycles. The summed E-state index contributed by atoms with van der Waals surface area (Å²) in [4.78, 5) is 15.8. The second-order valence-electron chi connectivity index (χ2n) is 4.27. The van der Waals surface area contributed by atoms with E-state index in [0.717, 1.165) is 11.9 Å². The Labute approximate surface area is 121 Å². The summed E-state index contributed by atoms with van der Waals surface area (Å²) in [5.41, 5.74) is 0.740. The number of hydrogen-bond donors (Lipinski definition) is 2. The fraction of sp³-hybridized carbons (Fsp3) is 0.273. The molecule has 9 nitrogen and oxygen atoms in total. The first-order valence-corrected chi connectivity index (χ1v) is 7.86. The Morgan fingerprint density at radius 3 is 2.86 bits per heavy atom. The van der Waals surface area contributed by atoms with Gasteiger partial charge in [0.05, 0.1) is 24.7 Å². The highest BCUT2D eigenvalue weighted by Crippen LogP contribution is 2.02. The van der Waals surface area contributed by atoms with Gasteiger partial charge in [-0.1, -0.05) is 11.3 Å². The van der Waals surface area contributed by atoms with Crippen LogP contribution in [0.4, 0.5) is 5.82 Å². The van der Waals surface area contributed by atoms with Crippen molar-refractivity contribution in [3.8, 4) is 0 Å². The predicted octanol–water partition coefficient (Wildman–Crippen LogP) is -0.639. The van der Waals surface area contributed by atoms with Crippen LogP contribution in [0.1, 0.15) is 5.69 Å². The molecule has 0 bridgehead atoms. The lowest BCUT2D eigenvalue weighted by Gasteiger charge is -2.04. The minimum absolute atomic E-state index is 0.0642. The van der Waals surface area contributed by atoms with E-state index in [2.05, 4.69) is 25.3 Å². The molecule has 0 saturated carbocycles. The highest BCUT2D eigenvalue weighted by Gasteiger charge is 2.09. The second-order valence-corrected chi connectivity index (χ2v) is 6.02. The molecule has 2 aromatic rings. The topological polar surface area (TPSA) is 119 Å². The molecule has 0 aliphatic rings. The number of nitrogens with one attached hydrogen (secondary N) is 2. The van der Waals surface area contributed by atoms with Crippen molar-refractivity contribution in [1.82, 2.24) is 25.3 Å². The Balaban J connectivity index is 1.85. The molecular weight excluding hydrogens is 296 g/mol. The van der Waals surface area contributed by atoms with Crippen LogP contribution in [-0.2, 0) is 27.9 Å². The van der Waals surface area contributed by atoms with Gasteiger partial charge in [0.25, 0.3) is 0 Å². The largest absolute Gasteiger partial charge is 0.349 e. The lowest BCUT2D eigenvalue weighted by Crippen LogP contribution is -2.27. The van der Waals surface area contributed by atoms with Gasteiger partial charge in [-0.2, -0.15) is 0 Å². The van der Waals surface area contributed by atoms with E-state index in [1.807, 2.05) is 6.07 Å². The number of carbonyl (C=O) groups excluding carboxylic acids is 1. The van der Waals surface area contributed by atoms with E-state index < -0.39 is 10.0 Å². The molecular formula is C11H14N6O3S. The predicted molar refractivity (Wildman–Crippen MR) is 74.6 cm³/mol. The van der Waals surface area contributed by atoms with Crippen LogP contribution < -0.4 is 10.0 Å². The first-order valence-electron chi connectivity index (χ1n) is 5.97. The number of pyridine rings is 1. The monoisotopic (exact) mass is 310 g/mol. The summed E-state index contributed by atoms with van der Waals surface area (Å²) < 4.78 is 25.4. The Bertz CT molecular complexity index is 713. The molecule has 0 atom stereocenters. The number of anilines is 1. The molecule has 2 rings (SSSR count). The van der Waals surface area contributed by atoms with Crippen molar-refractivity contribution in [2.45, 2.75) is 13.1 Å². The molecule has 2 N–H and O–H groups in total. The Hall–Kier alpha value is -2.49. The van der Waals surface area contributed by atoms with Crippen molar-refractivity contribution >= 4 is 21.7 Å². The first kappa shape index (κ1) is 14.9. The highest BCUT2D eigenvalue weighted by atomic mass is 32.2. The van der Waals surface area contributed by atoms with Crippen molar-refractivity contribution in [1.29, 1.82) is 0 Å². The van der Waals surface area contributed by atoms with E-state index in [1.165, 1.54) is 10.9 Å². The summed E-state index contributed by atoms with van der Waals surface area (Å²) in [6, 6.07) is 5.41. The fourth-order valence-corrected chi connectivity index (χ4v) is 1.98. The van der Waals surface area contributed by atoms with Crippen LogP contribution in [0.2, 0.25) is 0 Å². The maximum Gasteiger partial charge on any atom is 0.242 e. The summed E-state index contributed by atoms with van der Waals surface area (Å²) >= 11 is 0. The molecule has 0 aliphatic carbocycles. The Morgan fingerprint density at radius 2 is 2.19 bits per heavy atom. The molecule has 10 heteroatoms. The third-order valence-corrected chi connectivity index (χ3v) is 2.91. The number of nitrogens with zero attached hydrogens (tertiary/aromatic N) is 4. The average Bonchev–Trinajstić information content (AvgIpc) is 2.82. The van der Waals surface area contributed by atoms with E-state index >= 15 is 0 Å². The van der Waals surface area contributed by atoms with Gasteiger partial charge in [0.15, 0.2) is 5.82 Å². The number of carbonyl (C=O) groups is 1. The normalized spacial score (nSPS) is 11.1. The van der Waals surface area contributed by atoms with E-state index in [-0.39, 0.29) is 18.3 Å². The molecule has 112 valence electrons. The number of hydrogen-bond acceptors (Lipinski definition) is 6. The van der Waals surface area contributed by atoms with Gasteiger partial charge in [0.2, 0.25) is 15.9 Å². The maximum atomic E-state index is 11.7. The van der Waals surface area contributed by atoms with Crippen molar-refractivity contribution in [3.05, 3.63) is 36.3 Å². The van der Waals surface area contributed by atoms with E-state index in [9.17, 15) is 13.2 Å². The van der Waals surface area contributed by atoms with Gasteiger partial charge in [-0.15, -0.1) is 5.10 Å². The van der Waals surface area contributed by atoms with Crippen LogP contribution in [0.3, 0.4) is 0 Å². The van der Waals surface area contributed by atoms with Crippen LogP contribution in [0, 0.1) is 0 Å². The summed E-state index contributed by atoms with van der Waals surface area (Å²) in [7, 11) is -3.41. The summed E-state index contributed by atoms with van der Waals surface area (Å²) in [5, 5.41) is 9.94. The molecule has 0 radical (unpaired) electrons. The Morgan fingerprint density at radius 1 is 1.38 bits per heavy atom. The minimum Gasteiger partial charge on any atom is -0.349 e. The van der Waals surface area contributed by atoms with Crippen molar-refractivity contribution in [2.75, 3.05) is 11.0 Å². The zero-order chi connectivity index (χ0) is 15.3. The fourth-order valence-electron chi connectivity index (χ4n) is 1.51. The van der Waals surface area contributed by atoms with Crippen LogP contribution >= 0.6 is 0 Å². The molecule has 21 heavy (non-hydrogen) atoms. The second kappa shape index (κ2) is 6.31. The molecule has 0 saturated heterocycles. The van der Waals surface area contributed by atoms with E-state index in [4.69, 9.17) is 0 Å². The third-order valence-electron chi connectivity index (χ3n) is 2.33. The van der Waals surface area contributed by atoms with Gasteiger partial charge in [0, 0.05) is 6.20 Å². The summed E-state index contributed by atoms with van der Waals surface area (Å²) in [5.74, 6) is -0.216. The first-order chi connectivity index (χ1) is 9.92. The molecule has 0 aromatic carbocycles. The standard InChI is InChI=1S/C11H14N6O3S/c1-21(19,20)15-10-7-17(16-14-10)8-11(18)13-6-9-4-2-3-5-12-9/h2-5,7,15H,6,8H2,1H3,(H,13,18). The zero-order valence-corrected chi connectivity index (χ0v) is 12.0. The highest BCUT2D eigenvalue weighted by molar-refractivity contribution is 7.92. The van der Waals surface area contributed by atoms with Crippen LogP contribution in [0.15, 0.2) is 30.6 Å². The number of sulfonamides is 1. The van der Waals surface area contributed by atoms with Crippen molar-refractivity contribution in [3.63, 3.8) is 0 Å². The quantitative estimate of drug-likeness (QED) is 0.732. The smallest absolute Gasteiger partial charge is 0.242 e. The molecule has 0 spiro atoms. The van der Waals surface area contributed by atoms with Gasteiger partial charge < -0.3 is 5.32 Å². The van der Waals surface area contributed by atoms with Crippen molar-refractivity contribution in [2.24, 2.45) is 0 Å². The SMILES string of the molecule is CS(=O)(=O)Nc1cn(CC(=O)NCc2ccccn2)nn1. The maximum absolute atomic E-state index is 11.7. The summed E-state index contributed by atoms with van der Waals surface area (Å²) in [6.45, 7) is 0.244. The van der Waals surface area contributed by atoms with Gasteiger partial charge >= 0.3 is 0 Å². The van der Waals surface area contributed by atoms with E-state index in [0.29, 0.717) is 6.54 Å². The van der Waals surface area contributed by atoms with Gasteiger partial charge in [-0.3, -0.25) is 14.5 Å². The van der Waals surface area contributed by atoms with E-state index in [1.54, 1.807) is 18.3 Å². The number of amides is 1. The van der Waals surface area contributed by atoms with Gasteiger partial charge in [-0.25, -0.2) is 13.1 Å². The molecule has 2 aromatic heterocycles.